The maximum atomic E-state index is 13.6. The van der Waals surface area contributed by atoms with Gasteiger partial charge in [0.15, 0.2) is 0 Å². The molecule has 2 atom stereocenters. The number of nitrogens with one attached hydrogen (secondary N) is 1. The van der Waals surface area contributed by atoms with Gasteiger partial charge in [0.05, 0.1) is 36.5 Å². The molecule has 1 aromatic carbocycles. The molecule has 3 aliphatic rings. The molecular weight excluding hydrogens is 504 g/mol. The van der Waals surface area contributed by atoms with Crippen LogP contribution in [0.5, 0.6) is 0 Å². The van der Waals surface area contributed by atoms with Crippen LogP contribution in [0, 0.1) is 29.6 Å². The number of likely N-dealkylation sites (tertiary alicyclic amines) is 2. The van der Waals surface area contributed by atoms with Gasteiger partial charge in [-0.15, -0.1) is 0 Å². The summed E-state index contributed by atoms with van der Waals surface area (Å²) in [7, 11) is 0. The van der Waals surface area contributed by atoms with Crippen molar-refractivity contribution in [1.29, 1.82) is 0 Å². The van der Waals surface area contributed by atoms with Gasteiger partial charge in [0, 0.05) is 49.9 Å². The number of hydrogen-bond acceptors (Lipinski definition) is 5. The maximum absolute atomic E-state index is 13.6. The standard InChI is InChI=1S/C31H36N6O3/c1-21-9-10-24(32-12-21)14-33-27(38)26-17-35(18-31(26)19-36(20-31)29(40)25-11-30(25,2)3)28(39)23-13-34-37(16-23)15-22-7-5-4-6-8-22/h4-10,12-13,16,25-26H,11,14-15,17-20H2,1-3H3,(H,33,38)/t25-,26+/m1/s1. The summed E-state index contributed by atoms with van der Waals surface area (Å²) in [6, 6.07) is 13.8. The van der Waals surface area contributed by atoms with Gasteiger partial charge in [-0.3, -0.25) is 24.0 Å². The van der Waals surface area contributed by atoms with Crippen molar-refractivity contribution in [3.8, 4) is 0 Å². The Labute approximate surface area is 234 Å². The Bertz CT molecular complexity index is 1420. The number of benzene rings is 1. The van der Waals surface area contributed by atoms with Crippen molar-refractivity contribution < 1.29 is 14.4 Å². The number of aromatic nitrogens is 3. The number of aryl methyl sites for hydroxylation is 1. The van der Waals surface area contributed by atoms with Crippen LogP contribution in [0.1, 0.15) is 47.4 Å². The fourth-order valence-corrected chi connectivity index (χ4v) is 6.20. The highest BCUT2D eigenvalue weighted by Gasteiger charge is 2.61. The SMILES string of the molecule is Cc1ccc(CNC(=O)[C@@H]2CN(C(=O)c3cnn(Cc4ccccc4)c3)CC23CN(C(=O)[C@H]2CC2(C)C)C3)nc1. The zero-order valence-corrected chi connectivity index (χ0v) is 23.3. The molecular formula is C31H36N6O3. The van der Waals surface area contributed by atoms with Crippen molar-refractivity contribution in [2.45, 2.75) is 40.3 Å². The summed E-state index contributed by atoms with van der Waals surface area (Å²) in [6.45, 7) is 8.85. The third-order valence-corrected chi connectivity index (χ3v) is 8.87. The van der Waals surface area contributed by atoms with Crippen molar-refractivity contribution >= 4 is 17.7 Å². The van der Waals surface area contributed by atoms with Gasteiger partial charge < -0.3 is 15.1 Å². The molecule has 0 radical (unpaired) electrons. The molecule has 6 rings (SSSR count). The lowest BCUT2D eigenvalue weighted by atomic mass is 9.71. The molecule has 40 heavy (non-hydrogen) atoms. The Hall–Kier alpha value is -4.01. The minimum atomic E-state index is -0.449. The normalized spacial score (nSPS) is 22.2. The Morgan fingerprint density at radius 1 is 0.975 bits per heavy atom. The first-order chi connectivity index (χ1) is 19.1. The number of pyridine rings is 1. The van der Waals surface area contributed by atoms with Crippen molar-refractivity contribution in [3.05, 3.63) is 83.4 Å². The van der Waals surface area contributed by atoms with Gasteiger partial charge in [-0.1, -0.05) is 50.2 Å². The Morgan fingerprint density at radius 2 is 1.70 bits per heavy atom. The topological polar surface area (TPSA) is 100 Å². The first kappa shape index (κ1) is 26.2. The molecule has 0 bridgehead atoms. The van der Waals surface area contributed by atoms with Crippen LogP contribution in [0.15, 0.2) is 61.1 Å². The molecule has 1 aliphatic carbocycles. The zero-order valence-electron chi connectivity index (χ0n) is 23.3. The molecule has 1 saturated carbocycles. The average molecular weight is 541 g/mol. The molecule has 2 aromatic heterocycles. The Balaban J connectivity index is 1.16. The van der Waals surface area contributed by atoms with Crippen molar-refractivity contribution in [2.75, 3.05) is 26.2 Å². The number of hydrogen-bond donors (Lipinski definition) is 1. The van der Waals surface area contributed by atoms with Crippen molar-refractivity contribution in [3.63, 3.8) is 0 Å². The lowest BCUT2D eigenvalue weighted by Gasteiger charge is -2.50. The van der Waals surface area contributed by atoms with E-state index >= 15 is 0 Å². The lowest BCUT2D eigenvalue weighted by molar-refractivity contribution is -0.151. The van der Waals surface area contributed by atoms with Gasteiger partial charge >= 0.3 is 0 Å². The van der Waals surface area contributed by atoms with E-state index in [0.717, 1.165) is 23.2 Å². The molecule has 1 N–H and O–H groups in total. The number of nitrogens with zero attached hydrogens (tertiary/aromatic N) is 5. The quantitative estimate of drug-likeness (QED) is 0.497. The molecule has 2 aliphatic heterocycles. The molecule has 3 amide bonds. The molecule has 2 saturated heterocycles. The second-order valence-electron chi connectivity index (χ2n) is 12.5. The van der Waals surface area contributed by atoms with Crippen LogP contribution < -0.4 is 5.32 Å². The third kappa shape index (κ3) is 5.00. The fourth-order valence-electron chi connectivity index (χ4n) is 6.20. The van der Waals surface area contributed by atoms with E-state index in [1.807, 2.05) is 54.3 Å². The summed E-state index contributed by atoms with van der Waals surface area (Å²) in [6.07, 6.45) is 6.05. The molecule has 9 heteroatoms. The van der Waals surface area contributed by atoms with E-state index in [1.54, 1.807) is 28.2 Å². The monoisotopic (exact) mass is 540 g/mol. The van der Waals surface area contributed by atoms with Crippen molar-refractivity contribution in [1.82, 2.24) is 29.9 Å². The summed E-state index contributed by atoms with van der Waals surface area (Å²) in [5.74, 6) is -0.416. The summed E-state index contributed by atoms with van der Waals surface area (Å²) >= 11 is 0. The van der Waals surface area contributed by atoms with E-state index < -0.39 is 11.3 Å². The smallest absolute Gasteiger partial charge is 0.257 e. The van der Waals surface area contributed by atoms with Gasteiger partial charge in [0.25, 0.3) is 5.91 Å². The second-order valence-corrected chi connectivity index (χ2v) is 12.5. The summed E-state index contributed by atoms with van der Waals surface area (Å²) in [4.78, 5) is 48.2. The van der Waals surface area contributed by atoms with E-state index in [0.29, 0.717) is 44.8 Å². The number of carbonyl (C=O) groups excluding carboxylic acids is 3. The van der Waals surface area contributed by atoms with Crippen LogP contribution in [0.4, 0.5) is 0 Å². The molecule has 9 nitrogen and oxygen atoms in total. The van der Waals surface area contributed by atoms with Crippen LogP contribution >= 0.6 is 0 Å². The third-order valence-electron chi connectivity index (χ3n) is 8.87. The predicted octanol–water partition coefficient (Wildman–Crippen LogP) is 2.90. The van der Waals surface area contributed by atoms with E-state index in [2.05, 4.69) is 29.2 Å². The zero-order chi connectivity index (χ0) is 28.1. The van der Waals surface area contributed by atoms with E-state index in [1.165, 1.54) is 0 Å². The number of amides is 3. The van der Waals surface area contributed by atoms with Crippen LogP contribution in [0.25, 0.3) is 0 Å². The lowest BCUT2D eigenvalue weighted by Crippen LogP contribution is -2.64. The highest BCUT2D eigenvalue weighted by atomic mass is 16.2. The molecule has 1 spiro atoms. The highest BCUT2D eigenvalue weighted by Crippen LogP contribution is 2.54. The number of carbonyl (C=O) groups is 3. The average Bonchev–Trinajstić information content (AvgIpc) is 3.25. The highest BCUT2D eigenvalue weighted by molar-refractivity contribution is 5.95. The van der Waals surface area contributed by atoms with E-state index in [9.17, 15) is 14.4 Å². The maximum Gasteiger partial charge on any atom is 0.257 e. The van der Waals surface area contributed by atoms with Crippen LogP contribution in [-0.4, -0.2) is 68.5 Å². The predicted molar refractivity (Wildman–Crippen MR) is 149 cm³/mol. The van der Waals surface area contributed by atoms with Crippen LogP contribution in [0.2, 0.25) is 0 Å². The molecule has 0 unspecified atom stereocenters. The summed E-state index contributed by atoms with van der Waals surface area (Å²) in [5.41, 5.74) is 3.05. The van der Waals surface area contributed by atoms with Crippen LogP contribution in [-0.2, 0) is 22.7 Å². The van der Waals surface area contributed by atoms with Crippen LogP contribution in [0.3, 0.4) is 0 Å². The van der Waals surface area contributed by atoms with Crippen molar-refractivity contribution in [2.24, 2.45) is 22.7 Å². The fraction of sp³-hybridized carbons (Fsp3) is 0.452. The molecule has 3 aromatic rings. The summed E-state index contributed by atoms with van der Waals surface area (Å²) < 4.78 is 1.76. The first-order valence-corrected chi connectivity index (χ1v) is 14.0. The van der Waals surface area contributed by atoms with E-state index in [4.69, 9.17) is 0 Å². The molecule has 4 heterocycles. The second kappa shape index (κ2) is 9.87. The Kier molecular flexibility index (Phi) is 6.47. The first-order valence-electron chi connectivity index (χ1n) is 14.0. The number of rotatable bonds is 7. The van der Waals surface area contributed by atoms with Gasteiger partial charge in [0.2, 0.25) is 11.8 Å². The van der Waals surface area contributed by atoms with Gasteiger partial charge in [0.1, 0.15) is 0 Å². The summed E-state index contributed by atoms with van der Waals surface area (Å²) in [5, 5.41) is 7.45. The Morgan fingerprint density at radius 3 is 2.38 bits per heavy atom. The van der Waals surface area contributed by atoms with Gasteiger partial charge in [-0.2, -0.15) is 5.10 Å². The molecule has 208 valence electrons. The minimum absolute atomic E-state index is 0.0508. The van der Waals surface area contributed by atoms with E-state index in [-0.39, 0.29) is 29.1 Å². The largest absolute Gasteiger partial charge is 0.350 e. The van der Waals surface area contributed by atoms with Gasteiger partial charge in [-0.05, 0) is 36.0 Å². The van der Waals surface area contributed by atoms with Gasteiger partial charge in [-0.25, -0.2) is 0 Å². The molecule has 3 fully saturated rings. The minimum Gasteiger partial charge on any atom is -0.350 e.